The number of ether oxygens (including phenoxy) is 2. The zero-order valence-electron chi connectivity index (χ0n) is 8.99. The largest absolute Gasteiger partial charge is 0.479 e. The first-order valence-electron chi connectivity index (χ1n) is 5.14. The van der Waals surface area contributed by atoms with Crippen LogP contribution in [0, 0.1) is 0 Å². The van der Waals surface area contributed by atoms with E-state index in [4.69, 9.17) is 14.6 Å². The lowest BCUT2D eigenvalue weighted by molar-refractivity contribution is -0.151. The molecular weight excluding hydrogens is 184 g/mol. The molecule has 1 unspecified atom stereocenters. The normalized spacial score (nSPS) is 12.7. The van der Waals surface area contributed by atoms with E-state index in [-0.39, 0.29) is 0 Å². The van der Waals surface area contributed by atoms with E-state index in [1.165, 1.54) is 0 Å². The molecule has 0 aromatic heterocycles. The molecule has 0 aromatic rings. The number of carboxylic acid groups (broad SMARTS) is 1. The maximum Gasteiger partial charge on any atom is 0.332 e. The molecule has 0 aromatic carbocycles. The van der Waals surface area contributed by atoms with E-state index in [2.05, 4.69) is 6.92 Å². The maximum atomic E-state index is 10.6. The number of unbranched alkanes of at least 4 members (excludes halogenated alkanes) is 1. The van der Waals surface area contributed by atoms with Crippen LogP contribution in [0.2, 0.25) is 0 Å². The van der Waals surface area contributed by atoms with Crippen LogP contribution >= 0.6 is 0 Å². The van der Waals surface area contributed by atoms with Gasteiger partial charge in [0.15, 0.2) is 6.10 Å². The summed E-state index contributed by atoms with van der Waals surface area (Å²) in [5.41, 5.74) is 0. The zero-order valence-corrected chi connectivity index (χ0v) is 8.99. The van der Waals surface area contributed by atoms with Gasteiger partial charge in [0.25, 0.3) is 0 Å². The molecule has 0 fully saturated rings. The summed E-state index contributed by atoms with van der Waals surface area (Å²) in [7, 11) is 0. The Morgan fingerprint density at radius 3 is 2.57 bits per heavy atom. The third-order valence-corrected chi connectivity index (χ3v) is 1.81. The van der Waals surface area contributed by atoms with E-state index < -0.39 is 12.1 Å². The van der Waals surface area contributed by atoms with Crippen LogP contribution in [0.1, 0.15) is 33.1 Å². The Hall–Kier alpha value is -0.610. The first kappa shape index (κ1) is 13.4. The molecule has 0 aliphatic carbocycles. The number of carbonyl (C=O) groups is 1. The molecule has 0 aliphatic rings. The lowest BCUT2D eigenvalue weighted by Crippen LogP contribution is -2.25. The van der Waals surface area contributed by atoms with Crippen LogP contribution in [0.25, 0.3) is 0 Å². The Kier molecular flexibility index (Phi) is 8.57. The summed E-state index contributed by atoms with van der Waals surface area (Å²) in [5, 5.41) is 8.73. The van der Waals surface area contributed by atoms with Gasteiger partial charge >= 0.3 is 5.97 Å². The topological polar surface area (TPSA) is 55.8 Å². The van der Waals surface area contributed by atoms with Crippen LogP contribution < -0.4 is 0 Å². The number of hydrogen-bond acceptors (Lipinski definition) is 3. The van der Waals surface area contributed by atoms with E-state index >= 15 is 0 Å². The van der Waals surface area contributed by atoms with E-state index in [1.54, 1.807) is 6.92 Å². The lowest BCUT2D eigenvalue weighted by atomic mass is 10.2. The van der Waals surface area contributed by atoms with Crippen LogP contribution in [0.3, 0.4) is 0 Å². The second kappa shape index (κ2) is 8.97. The van der Waals surface area contributed by atoms with Gasteiger partial charge in [-0.2, -0.15) is 0 Å². The lowest BCUT2D eigenvalue weighted by Gasteiger charge is -2.11. The minimum Gasteiger partial charge on any atom is -0.479 e. The average molecular weight is 204 g/mol. The smallest absolute Gasteiger partial charge is 0.332 e. The fourth-order valence-electron chi connectivity index (χ4n) is 1.02. The van der Waals surface area contributed by atoms with Crippen molar-refractivity contribution in [2.75, 3.05) is 19.8 Å². The quantitative estimate of drug-likeness (QED) is 0.580. The maximum absolute atomic E-state index is 10.6. The van der Waals surface area contributed by atoms with Gasteiger partial charge in [-0.25, -0.2) is 4.79 Å². The first-order chi connectivity index (χ1) is 6.72. The average Bonchev–Trinajstić information content (AvgIpc) is 2.15. The summed E-state index contributed by atoms with van der Waals surface area (Å²) < 4.78 is 10.3. The monoisotopic (exact) mass is 204 g/mol. The first-order valence-corrected chi connectivity index (χ1v) is 5.14. The van der Waals surface area contributed by atoms with Gasteiger partial charge in [0.1, 0.15) is 0 Å². The highest BCUT2D eigenvalue weighted by molar-refractivity contribution is 5.72. The minimum atomic E-state index is -0.911. The predicted molar refractivity (Wildman–Crippen MR) is 53.4 cm³/mol. The van der Waals surface area contributed by atoms with Gasteiger partial charge in [-0.1, -0.05) is 13.3 Å². The Morgan fingerprint density at radius 2 is 2.07 bits per heavy atom. The van der Waals surface area contributed by atoms with Crippen molar-refractivity contribution in [3.8, 4) is 0 Å². The number of carboxylic acids is 1. The van der Waals surface area contributed by atoms with Crippen LogP contribution in [0.5, 0.6) is 0 Å². The Labute approximate surface area is 85.2 Å². The fourth-order valence-corrected chi connectivity index (χ4v) is 1.02. The van der Waals surface area contributed by atoms with Crippen molar-refractivity contribution in [1.82, 2.24) is 0 Å². The molecular formula is C10H20O4. The minimum absolute atomic E-state index is 0.423. The molecule has 0 amide bonds. The predicted octanol–water partition coefficient (Wildman–Crippen LogP) is 1.68. The van der Waals surface area contributed by atoms with Gasteiger partial charge in [0, 0.05) is 26.2 Å². The van der Waals surface area contributed by atoms with Crippen LogP contribution in [-0.4, -0.2) is 37.0 Å². The molecule has 0 spiro atoms. The Bertz CT molecular complexity index is 147. The second-order valence-electron chi connectivity index (χ2n) is 3.04. The van der Waals surface area contributed by atoms with Gasteiger partial charge in [0.2, 0.25) is 0 Å². The number of hydrogen-bond donors (Lipinski definition) is 1. The molecule has 4 nitrogen and oxygen atoms in total. The summed E-state index contributed by atoms with van der Waals surface area (Å²) in [6, 6.07) is 0. The highest BCUT2D eigenvalue weighted by atomic mass is 16.5. The van der Waals surface area contributed by atoms with E-state index in [0.29, 0.717) is 26.2 Å². The van der Waals surface area contributed by atoms with Gasteiger partial charge in [-0.05, 0) is 13.3 Å². The second-order valence-corrected chi connectivity index (χ2v) is 3.04. The van der Waals surface area contributed by atoms with Crippen molar-refractivity contribution >= 4 is 5.97 Å². The van der Waals surface area contributed by atoms with Crippen molar-refractivity contribution in [1.29, 1.82) is 0 Å². The molecule has 1 N–H and O–H groups in total. The van der Waals surface area contributed by atoms with E-state index in [9.17, 15) is 4.79 Å². The Morgan fingerprint density at radius 1 is 1.36 bits per heavy atom. The molecule has 4 heteroatoms. The van der Waals surface area contributed by atoms with Crippen molar-refractivity contribution in [2.45, 2.75) is 39.2 Å². The van der Waals surface area contributed by atoms with Crippen LogP contribution in [0.4, 0.5) is 0 Å². The van der Waals surface area contributed by atoms with Gasteiger partial charge in [-0.3, -0.25) is 0 Å². The molecule has 0 saturated heterocycles. The third kappa shape index (κ3) is 6.86. The molecule has 14 heavy (non-hydrogen) atoms. The van der Waals surface area contributed by atoms with E-state index in [0.717, 1.165) is 12.8 Å². The molecule has 0 heterocycles. The molecule has 84 valence electrons. The van der Waals surface area contributed by atoms with Gasteiger partial charge < -0.3 is 14.6 Å². The van der Waals surface area contributed by atoms with Gasteiger partial charge in [-0.15, -0.1) is 0 Å². The van der Waals surface area contributed by atoms with Crippen LogP contribution in [-0.2, 0) is 14.3 Å². The summed E-state index contributed by atoms with van der Waals surface area (Å²) in [6.45, 7) is 5.45. The molecule has 0 bridgehead atoms. The molecule has 1 atom stereocenters. The molecule has 0 aliphatic heterocycles. The van der Waals surface area contributed by atoms with Crippen molar-refractivity contribution < 1.29 is 19.4 Å². The molecule has 0 rings (SSSR count). The van der Waals surface area contributed by atoms with Crippen molar-refractivity contribution in [2.24, 2.45) is 0 Å². The van der Waals surface area contributed by atoms with E-state index in [1.807, 2.05) is 0 Å². The van der Waals surface area contributed by atoms with Gasteiger partial charge in [0.05, 0.1) is 0 Å². The molecule has 0 saturated carbocycles. The van der Waals surface area contributed by atoms with Crippen molar-refractivity contribution in [3.05, 3.63) is 0 Å². The zero-order chi connectivity index (χ0) is 10.8. The summed E-state index contributed by atoms with van der Waals surface area (Å²) in [4.78, 5) is 10.6. The number of aliphatic carboxylic acids is 1. The standard InChI is InChI=1S/C10H20O4/c1-3-5-7-13-8-6-9(10(11)12)14-4-2/h9H,3-8H2,1-2H3,(H,11,12). The highest BCUT2D eigenvalue weighted by Crippen LogP contribution is 2.00. The summed E-state index contributed by atoms with van der Waals surface area (Å²) in [5.74, 6) is -0.911. The SMILES string of the molecule is CCCCOCCC(OCC)C(=O)O. The molecule has 0 radical (unpaired) electrons. The number of rotatable bonds is 9. The van der Waals surface area contributed by atoms with Crippen LogP contribution in [0.15, 0.2) is 0 Å². The fraction of sp³-hybridized carbons (Fsp3) is 0.900. The summed E-state index contributed by atoms with van der Waals surface area (Å²) >= 11 is 0. The summed E-state index contributed by atoms with van der Waals surface area (Å²) in [6.07, 6.45) is 1.81. The highest BCUT2D eigenvalue weighted by Gasteiger charge is 2.16. The Balaban J connectivity index is 3.46. The van der Waals surface area contributed by atoms with Crippen molar-refractivity contribution in [3.63, 3.8) is 0 Å². The third-order valence-electron chi connectivity index (χ3n) is 1.81.